The van der Waals surface area contributed by atoms with Gasteiger partial charge in [-0.05, 0) is 38.4 Å². The van der Waals surface area contributed by atoms with E-state index in [1.54, 1.807) is 0 Å². The van der Waals surface area contributed by atoms with Crippen LogP contribution in [0, 0.1) is 6.92 Å². The average Bonchev–Trinajstić information content (AvgIpc) is 2.84. The van der Waals surface area contributed by atoms with E-state index in [0.717, 1.165) is 42.8 Å². The molecule has 1 aliphatic rings. The summed E-state index contributed by atoms with van der Waals surface area (Å²) in [6.07, 6.45) is 3.25. The van der Waals surface area contributed by atoms with Gasteiger partial charge in [0.05, 0.1) is 17.1 Å². The number of benzene rings is 1. The molecule has 1 aromatic carbocycles. The van der Waals surface area contributed by atoms with Gasteiger partial charge in [-0.25, -0.2) is 4.98 Å². The number of carbonyl (C=O) groups excluding carboxylic acids is 1. The molecular weight excluding hydrogens is 264 g/mol. The third-order valence-electron chi connectivity index (χ3n) is 4.11. The number of carbonyl (C=O) groups is 1. The minimum atomic E-state index is -0.0145. The highest BCUT2D eigenvalue weighted by molar-refractivity contribution is 5.81. The van der Waals surface area contributed by atoms with Gasteiger partial charge in [-0.1, -0.05) is 18.6 Å². The second-order valence-electron chi connectivity index (χ2n) is 5.59. The molecular formula is C16H22N4O. The second kappa shape index (κ2) is 6.26. The van der Waals surface area contributed by atoms with E-state index in [-0.39, 0.29) is 11.9 Å². The van der Waals surface area contributed by atoms with Crippen molar-refractivity contribution in [3.05, 3.63) is 30.1 Å². The molecule has 1 aliphatic heterocycles. The maximum Gasteiger partial charge on any atom is 0.237 e. The Morgan fingerprint density at radius 2 is 2.29 bits per heavy atom. The number of nitrogens with one attached hydrogen (secondary N) is 2. The third-order valence-corrected chi connectivity index (χ3v) is 4.11. The molecule has 0 radical (unpaired) electrons. The molecule has 5 heteroatoms. The van der Waals surface area contributed by atoms with Crippen LogP contribution in [0.1, 0.15) is 25.1 Å². The van der Waals surface area contributed by atoms with Crippen molar-refractivity contribution in [2.45, 2.75) is 38.8 Å². The molecule has 0 saturated carbocycles. The van der Waals surface area contributed by atoms with Gasteiger partial charge in [0, 0.05) is 13.1 Å². The molecule has 21 heavy (non-hydrogen) atoms. The van der Waals surface area contributed by atoms with Crippen molar-refractivity contribution in [3.8, 4) is 0 Å². The molecule has 0 unspecified atom stereocenters. The van der Waals surface area contributed by atoms with Gasteiger partial charge in [0.25, 0.3) is 0 Å². The lowest BCUT2D eigenvalue weighted by atomic mass is 10.0. The van der Waals surface area contributed by atoms with E-state index < -0.39 is 0 Å². The molecule has 2 aromatic rings. The van der Waals surface area contributed by atoms with E-state index in [2.05, 4.69) is 26.3 Å². The number of aryl methyl sites for hydroxylation is 1. The van der Waals surface area contributed by atoms with Crippen LogP contribution in [0.3, 0.4) is 0 Å². The highest BCUT2D eigenvalue weighted by Crippen LogP contribution is 2.14. The number of amides is 1. The van der Waals surface area contributed by atoms with Crippen LogP contribution < -0.4 is 10.6 Å². The van der Waals surface area contributed by atoms with E-state index >= 15 is 0 Å². The van der Waals surface area contributed by atoms with Crippen LogP contribution >= 0.6 is 0 Å². The Balaban J connectivity index is 1.59. The first-order chi connectivity index (χ1) is 10.3. The zero-order valence-corrected chi connectivity index (χ0v) is 12.4. The lowest BCUT2D eigenvalue weighted by Gasteiger charge is -2.22. The lowest BCUT2D eigenvalue weighted by molar-refractivity contribution is -0.123. The fraction of sp³-hybridized carbons (Fsp3) is 0.500. The summed E-state index contributed by atoms with van der Waals surface area (Å²) >= 11 is 0. The first-order valence-electron chi connectivity index (χ1n) is 7.68. The number of piperidine rings is 1. The molecule has 0 aliphatic carbocycles. The molecule has 1 amide bonds. The number of fused-ring (bicyclic) bond motifs is 1. The van der Waals surface area contributed by atoms with Crippen molar-refractivity contribution in [2.24, 2.45) is 0 Å². The Morgan fingerprint density at radius 3 is 3.10 bits per heavy atom. The summed E-state index contributed by atoms with van der Waals surface area (Å²) in [7, 11) is 0. The van der Waals surface area contributed by atoms with Crippen LogP contribution in [0.5, 0.6) is 0 Å². The molecule has 1 atom stereocenters. The zero-order valence-electron chi connectivity index (χ0n) is 12.4. The number of nitrogens with zero attached hydrogens (tertiary/aromatic N) is 2. The molecule has 2 N–H and O–H groups in total. The zero-order chi connectivity index (χ0) is 14.7. The number of rotatable bonds is 4. The summed E-state index contributed by atoms with van der Waals surface area (Å²) in [5.41, 5.74) is 2.13. The molecule has 1 fully saturated rings. The number of imidazole rings is 1. The first kappa shape index (κ1) is 14.1. The Labute approximate surface area is 124 Å². The van der Waals surface area contributed by atoms with Gasteiger partial charge >= 0.3 is 0 Å². The molecule has 2 heterocycles. The highest BCUT2D eigenvalue weighted by atomic mass is 16.2. The average molecular weight is 286 g/mol. The van der Waals surface area contributed by atoms with Crippen LogP contribution in [-0.2, 0) is 11.3 Å². The van der Waals surface area contributed by atoms with E-state index in [0.29, 0.717) is 6.54 Å². The number of hydrogen-bond donors (Lipinski definition) is 2. The summed E-state index contributed by atoms with van der Waals surface area (Å²) in [6, 6.07) is 8.09. The molecule has 112 valence electrons. The Kier molecular flexibility index (Phi) is 4.20. The van der Waals surface area contributed by atoms with Crippen LogP contribution in [-0.4, -0.2) is 34.6 Å². The fourth-order valence-corrected chi connectivity index (χ4v) is 2.97. The first-order valence-corrected chi connectivity index (χ1v) is 7.68. The molecule has 0 bridgehead atoms. The van der Waals surface area contributed by atoms with Crippen molar-refractivity contribution in [1.29, 1.82) is 0 Å². The molecule has 0 spiro atoms. The SMILES string of the molecule is Cc1nc2ccccc2n1CCNC(=O)[C@@H]1CCCCN1. The Morgan fingerprint density at radius 1 is 1.43 bits per heavy atom. The molecule has 1 saturated heterocycles. The van der Waals surface area contributed by atoms with Gasteiger partial charge in [0.2, 0.25) is 5.91 Å². The minimum Gasteiger partial charge on any atom is -0.353 e. The van der Waals surface area contributed by atoms with Crippen LogP contribution in [0.25, 0.3) is 11.0 Å². The predicted molar refractivity (Wildman–Crippen MR) is 83.1 cm³/mol. The maximum atomic E-state index is 12.1. The molecule has 1 aromatic heterocycles. The quantitative estimate of drug-likeness (QED) is 0.897. The second-order valence-corrected chi connectivity index (χ2v) is 5.59. The molecule has 5 nitrogen and oxygen atoms in total. The Bertz CT molecular complexity index is 628. The van der Waals surface area contributed by atoms with E-state index in [1.165, 1.54) is 6.42 Å². The van der Waals surface area contributed by atoms with E-state index in [4.69, 9.17) is 0 Å². The monoisotopic (exact) mass is 286 g/mol. The number of para-hydroxylation sites is 2. The summed E-state index contributed by atoms with van der Waals surface area (Å²) in [4.78, 5) is 16.6. The number of hydrogen-bond acceptors (Lipinski definition) is 3. The van der Waals surface area contributed by atoms with E-state index in [1.807, 2.05) is 25.1 Å². The summed E-state index contributed by atoms with van der Waals surface area (Å²) in [5, 5.41) is 6.30. The maximum absolute atomic E-state index is 12.1. The van der Waals surface area contributed by atoms with Crippen LogP contribution in [0.15, 0.2) is 24.3 Å². The van der Waals surface area contributed by atoms with Crippen molar-refractivity contribution in [2.75, 3.05) is 13.1 Å². The van der Waals surface area contributed by atoms with Gasteiger partial charge in [0.15, 0.2) is 0 Å². The predicted octanol–water partition coefficient (Wildman–Crippen LogP) is 1.60. The summed E-state index contributed by atoms with van der Waals surface area (Å²) in [5.74, 6) is 1.11. The smallest absolute Gasteiger partial charge is 0.237 e. The van der Waals surface area contributed by atoms with E-state index in [9.17, 15) is 4.79 Å². The van der Waals surface area contributed by atoms with Crippen molar-refractivity contribution in [3.63, 3.8) is 0 Å². The van der Waals surface area contributed by atoms with Crippen molar-refractivity contribution < 1.29 is 4.79 Å². The minimum absolute atomic E-state index is 0.0145. The van der Waals surface area contributed by atoms with Crippen molar-refractivity contribution >= 4 is 16.9 Å². The van der Waals surface area contributed by atoms with Gasteiger partial charge < -0.3 is 15.2 Å². The van der Waals surface area contributed by atoms with Crippen LogP contribution in [0.2, 0.25) is 0 Å². The van der Waals surface area contributed by atoms with Crippen LogP contribution in [0.4, 0.5) is 0 Å². The summed E-state index contributed by atoms with van der Waals surface area (Å²) in [6.45, 7) is 4.34. The Hall–Kier alpha value is -1.88. The normalized spacial score (nSPS) is 18.8. The van der Waals surface area contributed by atoms with Gasteiger partial charge in [-0.3, -0.25) is 4.79 Å². The summed E-state index contributed by atoms with van der Waals surface area (Å²) < 4.78 is 2.16. The third kappa shape index (κ3) is 3.08. The van der Waals surface area contributed by atoms with Gasteiger partial charge in [0.1, 0.15) is 5.82 Å². The highest BCUT2D eigenvalue weighted by Gasteiger charge is 2.19. The van der Waals surface area contributed by atoms with Gasteiger partial charge in [-0.15, -0.1) is 0 Å². The largest absolute Gasteiger partial charge is 0.353 e. The molecule has 3 rings (SSSR count). The standard InChI is InChI=1S/C16H22N4O/c1-12-19-13-6-2-3-8-15(13)20(12)11-10-18-16(21)14-7-4-5-9-17-14/h2-3,6,8,14,17H,4-5,7,9-11H2,1H3,(H,18,21)/t14-/m0/s1. The number of aromatic nitrogens is 2. The van der Waals surface area contributed by atoms with Gasteiger partial charge in [-0.2, -0.15) is 0 Å². The van der Waals surface area contributed by atoms with Crippen molar-refractivity contribution in [1.82, 2.24) is 20.2 Å². The topological polar surface area (TPSA) is 59.0 Å². The fourth-order valence-electron chi connectivity index (χ4n) is 2.97. The lowest BCUT2D eigenvalue weighted by Crippen LogP contribution is -2.47.